The highest BCUT2D eigenvalue weighted by molar-refractivity contribution is 7.90. The molecule has 33 heavy (non-hydrogen) atoms. The van der Waals surface area contributed by atoms with Crippen LogP contribution in [0.25, 0.3) is 16.8 Å². The summed E-state index contributed by atoms with van der Waals surface area (Å²) in [6, 6.07) is 19.1. The first-order chi connectivity index (χ1) is 15.9. The normalized spacial score (nSPS) is 15.2. The summed E-state index contributed by atoms with van der Waals surface area (Å²) >= 11 is 0. The van der Waals surface area contributed by atoms with Crippen molar-refractivity contribution in [1.29, 1.82) is 0 Å². The molecular formula is C25H27N5O2S. The zero-order valence-electron chi connectivity index (χ0n) is 18.8. The van der Waals surface area contributed by atoms with E-state index in [0.29, 0.717) is 16.5 Å². The summed E-state index contributed by atoms with van der Waals surface area (Å²) in [5.41, 5.74) is 4.62. The van der Waals surface area contributed by atoms with Gasteiger partial charge in [0.2, 0.25) is 5.95 Å². The van der Waals surface area contributed by atoms with Gasteiger partial charge in [-0.25, -0.2) is 12.9 Å². The molecule has 2 aromatic heterocycles. The Labute approximate surface area is 194 Å². The molecule has 1 N–H and O–H groups in total. The molecule has 0 unspecified atom stereocenters. The summed E-state index contributed by atoms with van der Waals surface area (Å²) in [7, 11) is -3.24. The van der Waals surface area contributed by atoms with E-state index in [9.17, 15) is 8.42 Å². The number of pyridine rings is 1. The molecule has 8 heteroatoms. The first-order valence-corrected chi connectivity index (χ1v) is 13.0. The van der Waals surface area contributed by atoms with Crippen LogP contribution in [0.1, 0.15) is 19.8 Å². The van der Waals surface area contributed by atoms with Crippen molar-refractivity contribution in [1.82, 2.24) is 14.6 Å². The van der Waals surface area contributed by atoms with Crippen molar-refractivity contribution in [2.45, 2.75) is 24.7 Å². The van der Waals surface area contributed by atoms with Gasteiger partial charge in [-0.15, -0.1) is 5.10 Å². The van der Waals surface area contributed by atoms with Gasteiger partial charge < -0.3 is 10.2 Å². The first-order valence-electron chi connectivity index (χ1n) is 11.1. The van der Waals surface area contributed by atoms with E-state index < -0.39 is 9.84 Å². The Morgan fingerprint density at radius 2 is 1.76 bits per heavy atom. The maximum atomic E-state index is 11.8. The molecule has 3 heterocycles. The monoisotopic (exact) mass is 461 g/mol. The van der Waals surface area contributed by atoms with Crippen molar-refractivity contribution in [3.05, 3.63) is 66.9 Å². The van der Waals surface area contributed by atoms with Crippen LogP contribution in [0.2, 0.25) is 0 Å². The summed E-state index contributed by atoms with van der Waals surface area (Å²) in [6.45, 7) is 4.48. The van der Waals surface area contributed by atoms with Gasteiger partial charge in [-0.2, -0.15) is 4.98 Å². The molecule has 0 bridgehead atoms. The molecule has 1 aliphatic rings. The molecule has 170 valence electrons. The number of rotatable bonds is 5. The van der Waals surface area contributed by atoms with E-state index in [0.717, 1.165) is 35.8 Å². The lowest BCUT2D eigenvalue weighted by Crippen LogP contribution is -2.32. The number of piperidine rings is 1. The third kappa shape index (κ3) is 4.57. The predicted octanol–water partition coefficient (Wildman–Crippen LogP) is 4.78. The second-order valence-electron chi connectivity index (χ2n) is 8.77. The van der Waals surface area contributed by atoms with Gasteiger partial charge in [-0.05, 0) is 66.8 Å². The number of benzene rings is 2. The number of sulfone groups is 1. The molecule has 1 fully saturated rings. The van der Waals surface area contributed by atoms with E-state index in [1.807, 2.05) is 24.4 Å². The molecule has 7 nitrogen and oxygen atoms in total. The van der Waals surface area contributed by atoms with Crippen molar-refractivity contribution in [3.8, 4) is 11.1 Å². The molecule has 5 rings (SSSR count). The van der Waals surface area contributed by atoms with Crippen LogP contribution in [0, 0.1) is 5.92 Å². The third-order valence-electron chi connectivity index (χ3n) is 6.21. The fourth-order valence-corrected chi connectivity index (χ4v) is 4.87. The first kappa shape index (κ1) is 21.5. The largest absolute Gasteiger partial charge is 0.371 e. The number of nitrogens with one attached hydrogen (secondary N) is 1. The highest BCUT2D eigenvalue weighted by Gasteiger charge is 2.17. The second kappa shape index (κ2) is 8.51. The maximum Gasteiger partial charge on any atom is 0.247 e. The topological polar surface area (TPSA) is 79.6 Å². The highest BCUT2D eigenvalue weighted by atomic mass is 32.2. The molecule has 0 saturated carbocycles. The van der Waals surface area contributed by atoms with Crippen LogP contribution < -0.4 is 10.2 Å². The summed E-state index contributed by atoms with van der Waals surface area (Å²) < 4.78 is 25.3. The Morgan fingerprint density at radius 3 is 2.48 bits per heavy atom. The van der Waals surface area contributed by atoms with Crippen LogP contribution in [0.5, 0.6) is 0 Å². The van der Waals surface area contributed by atoms with Crippen molar-refractivity contribution in [2.75, 3.05) is 29.6 Å². The lowest BCUT2D eigenvalue weighted by molar-refractivity contribution is 0.438. The van der Waals surface area contributed by atoms with Gasteiger partial charge in [0.25, 0.3) is 0 Å². The fourth-order valence-electron chi connectivity index (χ4n) is 4.24. The lowest BCUT2D eigenvalue weighted by Gasteiger charge is -2.32. The summed E-state index contributed by atoms with van der Waals surface area (Å²) in [4.78, 5) is 7.44. The third-order valence-corrected chi connectivity index (χ3v) is 7.34. The van der Waals surface area contributed by atoms with E-state index in [1.54, 1.807) is 28.8 Å². The van der Waals surface area contributed by atoms with Crippen molar-refractivity contribution in [2.24, 2.45) is 5.92 Å². The average molecular weight is 462 g/mol. The van der Waals surface area contributed by atoms with Crippen LogP contribution in [0.4, 0.5) is 17.3 Å². The van der Waals surface area contributed by atoms with E-state index in [-0.39, 0.29) is 0 Å². The van der Waals surface area contributed by atoms with E-state index >= 15 is 0 Å². The molecule has 0 atom stereocenters. The van der Waals surface area contributed by atoms with Gasteiger partial charge >= 0.3 is 0 Å². The minimum Gasteiger partial charge on any atom is -0.371 e. The molecular weight excluding hydrogens is 434 g/mol. The number of hydrogen-bond acceptors (Lipinski definition) is 6. The Bertz CT molecular complexity index is 1390. The minimum absolute atomic E-state index is 0.296. The summed E-state index contributed by atoms with van der Waals surface area (Å²) in [5, 5.41) is 7.93. The SMILES string of the molecule is CC1CCN(c2cccc(Nc3nc4c(-c5ccc(S(C)(=O)=O)cc5)cccn4n3)c2)CC1. The summed E-state index contributed by atoms with van der Waals surface area (Å²) in [5.74, 6) is 1.31. The van der Waals surface area contributed by atoms with E-state index in [2.05, 4.69) is 40.4 Å². The minimum atomic E-state index is -3.24. The number of nitrogens with zero attached hydrogens (tertiary/aromatic N) is 4. The molecule has 0 spiro atoms. The van der Waals surface area contributed by atoms with Gasteiger partial charge in [0.1, 0.15) is 0 Å². The van der Waals surface area contributed by atoms with Crippen molar-refractivity contribution < 1.29 is 8.42 Å². The number of hydrogen-bond donors (Lipinski definition) is 1. The van der Waals surface area contributed by atoms with Crippen LogP contribution in [0.15, 0.2) is 71.8 Å². The van der Waals surface area contributed by atoms with Gasteiger partial charge in [0.05, 0.1) is 4.90 Å². The standard InChI is InChI=1S/C25H27N5O2S/c1-18-12-15-29(16-13-18)21-6-3-5-20(17-21)26-25-27-24-23(7-4-14-30(24)28-25)19-8-10-22(11-9-19)33(2,31)32/h3-11,14,17-18H,12-13,15-16H2,1-2H3,(H,26,28). The Kier molecular flexibility index (Phi) is 5.54. The average Bonchev–Trinajstić information content (AvgIpc) is 3.22. The molecule has 0 amide bonds. The quantitative estimate of drug-likeness (QED) is 0.461. The molecule has 1 aliphatic heterocycles. The maximum absolute atomic E-state index is 11.8. The number of fused-ring (bicyclic) bond motifs is 1. The van der Waals surface area contributed by atoms with Gasteiger partial charge in [-0.3, -0.25) is 0 Å². The van der Waals surface area contributed by atoms with Crippen LogP contribution in [0.3, 0.4) is 0 Å². The van der Waals surface area contributed by atoms with Gasteiger partial charge in [0.15, 0.2) is 15.5 Å². The van der Waals surface area contributed by atoms with Crippen molar-refractivity contribution >= 4 is 32.8 Å². The Hall–Kier alpha value is -3.39. The van der Waals surface area contributed by atoms with Crippen LogP contribution >= 0.6 is 0 Å². The predicted molar refractivity (Wildman–Crippen MR) is 132 cm³/mol. The molecule has 2 aromatic carbocycles. The number of anilines is 3. The van der Waals surface area contributed by atoms with E-state index in [4.69, 9.17) is 4.98 Å². The van der Waals surface area contributed by atoms with Crippen LogP contribution in [-0.4, -0.2) is 42.4 Å². The zero-order valence-corrected chi connectivity index (χ0v) is 19.6. The smallest absolute Gasteiger partial charge is 0.247 e. The Morgan fingerprint density at radius 1 is 1.00 bits per heavy atom. The van der Waals surface area contributed by atoms with Gasteiger partial charge in [-0.1, -0.05) is 25.1 Å². The highest BCUT2D eigenvalue weighted by Crippen LogP contribution is 2.28. The lowest BCUT2D eigenvalue weighted by atomic mass is 9.99. The zero-order chi connectivity index (χ0) is 23.0. The molecule has 1 saturated heterocycles. The molecule has 0 aliphatic carbocycles. The second-order valence-corrected chi connectivity index (χ2v) is 10.8. The Balaban J connectivity index is 1.41. The van der Waals surface area contributed by atoms with Crippen molar-refractivity contribution in [3.63, 3.8) is 0 Å². The molecule has 0 radical (unpaired) electrons. The van der Waals surface area contributed by atoms with E-state index in [1.165, 1.54) is 24.8 Å². The number of aromatic nitrogens is 3. The molecule has 4 aromatic rings. The fraction of sp³-hybridized carbons (Fsp3) is 0.280. The van der Waals surface area contributed by atoms with Crippen LogP contribution in [-0.2, 0) is 9.84 Å². The summed E-state index contributed by atoms with van der Waals surface area (Å²) in [6.07, 6.45) is 5.51. The van der Waals surface area contributed by atoms with Gasteiger partial charge in [0, 0.05) is 42.5 Å².